The minimum atomic E-state index is -0.00171. The van der Waals surface area contributed by atoms with Crippen LogP contribution in [0.25, 0.3) is 0 Å². The first-order valence-corrected chi connectivity index (χ1v) is 5.28. The Morgan fingerprint density at radius 2 is 2.33 bits per heavy atom. The second-order valence-corrected chi connectivity index (χ2v) is 3.94. The number of rotatable bonds is 3. The highest BCUT2D eigenvalue weighted by molar-refractivity contribution is 6.31. The lowest BCUT2D eigenvalue weighted by molar-refractivity contribution is 0.0982. The lowest BCUT2D eigenvalue weighted by atomic mass is 10.0. The maximum absolute atomic E-state index is 11.7. The molecule has 1 aliphatic heterocycles. The van der Waals surface area contributed by atoms with Gasteiger partial charge in [0.05, 0.1) is 12.2 Å². The number of benzene rings is 1. The summed E-state index contributed by atoms with van der Waals surface area (Å²) in [6, 6.07) is 3.51. The van der Waals surface area contributed by atoms with Gasteiger partial charge in [-0.25, -0.2) is 0 Å². The average molecular weight is 226 g/mol. The first-order chi connectivity index (χ1) is 7.22. The lowest BCUT2D eigenvalue weighted by Crippen LogP contribution is -2.09. The molecule has 0 unspecified atom stereocenters. The van der Waals surface area contributed by atoms with Crippen LogP contribution in [0.3, 0.4) is 0 Å². The Morgan fingerprint density at radius 1 is 1.53 bits per heavy atom. The van der Waals surface area contributed by atoms with Gasteiger partial charge in [-0.2, -0.15) is 0 Å². The predicted molar refractivity (Wildman–Crippen MR) is 58.7 cm³/mol. The molecule has 0 saturated heterocycles. The molecule has 2 N–H and O–H groups in total. The van der Waals surface area contributed by atoms with Crippen molar-refractivity contribution in [3.8, 4) is 5.75 Å². The zero-order valence-corrected chi connectivity index (χ0v) is 9.01. The standard InChI is InChI=1S/C11H12ClNO2/c12-8-5-7-2-4-15-11(7)9(6-8)10(14)1-3-13/h5-6H,1-4,13H2. The maximum Gasteiger partial charge on any atom is 0.167 e. The van der Waals surface area contributed by atoms with E-state index in [-0.39, 0.29) is 5.78 Å². The summed E-state index contributed by atoms with van der Waals surface area (Å²) in [5.74, 6) is 0.691. The monoisotopic (exact) mass is 225 g/mol. The first-order valence-electron chi connectivity index (χ1n) is 4.91. The van der Waals surface area contributed by atoms with E-state index >= 15 is 0 Å². The van der Waals surface area contributed by atoms with Gasteiger partial charge in [-0.1, -0.05) is 11.6 Å². The Bertz CT molecular complexity index is 404. The summed E-state index contributed by atoms with van der Waals surface area (Å²) in [6.07, 6.45) is 1.15. The minimum Gasteiger partial charge on any atom is -0.492 e. The van der Waals surface area contributed by atoms with E-state index < -0.39 is 0 Å². The topological polar surface area (TPSA) is 52.3 Å². The summed E-state index contributed by atoms with van der Waals surface area (Å²) in [7, 11) is 0. The molecule has 3 nitrogen and oxygen atoms in total. The van der Waals surface area contributed by atoms with E-state index in [2.05, 4.69) is 0 Å². The molecule has 4 heteroatoms. The number of nitrogens with two attached hydrogens (primary N) is 1. The van der Waals surface area contributed by atoms with Gasteiger partial charge in [0.1, 0.15) is 5.75 Å². The SMILES string of the molecule is NCCC(=O)c1cc(Cl)cc2c1OCC2. The predicted octanol–water partition coefficient (Wildman–Crippen LogP) is 1.81. The Kier molecular flexibility index (Phi) is 2.93. The molecule has 0 saturated carbocycles. The van der Waals surface area contributed by atoms with E-state index in [9.17, 15) is 4.79 Å². The van der Waals surface area contributed by atoms with Gasteiger partial charge in [0, 0.05) is 17.9 Å². The Labute approximate surface area is 93.2 Å². The van der Waals surface area contributed by atoms with Crippen molar-refractivity contribution in [2.45, 2.75) is 12.8 Å². The second kappa shape index (κ2) is 4.21. The first kappa shape index (κ1) is 10.5. The van der Waals surface area contributed by atoms with Crippen LogP contribution in [0.5, 0.6) is 5.75 Å². The van der Waals surface area contributed by atoms with Gasteiger partial charge in [0.15, 0.2) is 5.78 Å². The van der Waals surface area contributed by atoms with Gasteiger partial charge < -0.3 is 10.5 Å². The van der Waals surface area contributed by atoms with Crippen molar-refractivity contribution < 1.29 is 9.53 Å². The summed E-state index contributed by atoms with van der Waals surface area (Å²) in [5.41, 5.74) is 6.94. The molecule has 15 heavy (non-hydrogen) atoms. The van der Waals surface area contributed by atoms with Crippen LogP contribution in [0, 0.1) is 0 Å². The number of hydrogen-bond acceptors (Lipinski definition) is 3. The molecule has 0 aromatic heterocycles. The molecular formula is C11H12ClNO2. The largest absolute Gasteiger partial charge is 0.492 e. The van der Waals surface area contributed by atoms with Crippen LogP contribution in [0.15, 0.2) is 12.1 Å². The van der Waals surface area contributed by atoms with E-state index in [1.54, 1.807) is 6.07 Å². The number of Topliss-reactive ketones (excluding diaryl/α,β-unsaturated/α-hetero) is 1. The molecule has 0 amide bonds. The molecule has 0 aliphatic carbocycles. The number of fused-ring (bicyclic) bond motifs is 1. The van der Waals surface area contributed by atoms with Crippen molar-refractivity contribution in [2.75, 3.05) is 13.2 Å². The number of ether oxygens (including phenoxy) is 1. The van der Waals surface area contributed by atoms with E-state index in [1.165, 1.54) is 0 Å². The van der Waals surface area contributed by atoms with Crippen LogP contribution in [-0.2, 0) is 6.42 Å². The third-order valence-corrected chi connectivity index (χ3v) is 2.64. The molecule has 0 bridgehead atoms. The number of carbonyl (C=O) groups is 1. The number of ketones is 1. The van der Waals surface area contributed by atoms with Crippen LogP contribution in [0.4, 0.5) is 0 Å². The van der Waals surface area contributed by atoms with Gasteiger partial charge in [0.25, 0.3) is 0 Å². The van der Waals surface area contributed by atoms with Crippen molar-refractivity contribution in [1.82, 2.24) is 0 Å². The normalized spacial score (nSPS) is 13.5. The zero-order chi connectivity index (χ0) is 10.8. The maximum atomic E-state index is 11.7. The van der Waals surface area contributed by atoms with Gasteiger partial charge in [-0.15, -0.1) is 0 Å². The average Bonchev–Trinajstić information content (AvgIpc) is 2.64. The number of halogens is 1. The summed E-state index contributed by atoms with van der Waals surface area (Å²) in [5, 5.41) is 0.583. The molecule has 1 aliphatic rings. The third kappa shape index (κ3) is 1.98. The molecule has 0 fully saturated rings. The molecule has 0 atom stereocenters. The molecule has 80 valence electrons. The van der Waals surface area contributed by atoms with Gasteiger partial charge in [-0.3, -0.25) is 4.79 Å². The molecule has 0 spiro atoms. The Balaban J connectivity index is 2.42. The van der Waals surface area contributed by atoms with Gasteiger partial charge >= 0.3 is 0 Å². The van der Waals surface area contributed by atoms with Crippen molar-refractivity contribution in [2.24, 2.45) is 5.73 Å². The van der Waals surface area contributed by atoms with Crippen molar-refractivity contribution in [3.63, 3.8) is 0 Å². The van der Waals surface area contributed by atoms with E-state index in [0.717, 1.165) is 12.0 Å². The second-order valence-electron chi connectivity index (χ2n) is 3.50. The van der Waals surface area contributed by atoms with E-state index in [4.69, 9.17) is 22.1 Å². The molecule has 0 radical (unpaired) electrons. The van der Waals surface area contributed by atoms with Crippen molar-refractivity contribution in [3.05, 3.63) is 28.3 Å². The molecule has 1 aromatic rings. The highest BCUT2D eigenvalue weighted by Crippen LogP contribution is 2.33. The lowest BCUT2D eigenvalue weighted by Gasteiger charge is -2.07. The molecular weight excluding hydrogens is 214 g/mol. The number of carbonyl (C=O) groups excluding carboxylic acids is 1. The fourth-order valence-electron chi connectivity index (χ4n) is 1.74. The van der Waals surface area contributed by atoms with Gasteiger partial charge in [0.2, 0.25) is 0 Å². The molecule has 1 heterocycles. The van der Waals surface area contributed by atoms with Crippen LogP contribution in [0.1, 0.15) is 22.3 Å². The van der Waals surface area contributed by atoms with Crippen LogP contribution >= 0.6 is 11.6 Å². The Hall–Kier alpha value is -1.06. The Morgan fingerprint density at radius 3 is 3.07 bits per heavy atom. The summed E-state index contributed by atoms with van der Waals surface area (Å²) < 4.78 is 5.43. The fourth-order valence-corrected chi connectivity index (χ4v) is 1.98. The molecule has 2 rings (SSSR count). The zero-order valence-electron chi connectivity index (χ0n) is 8.25. The highest BCUT2D eigenvalue weighted by Gasteiger charge is 2.21. The van der Waals surface area contributed by atoms with Crippen molar-refractivity contribution >= 4 is 17.4 Å². The minimum absolute atomic E-state index is 0.00171. The fraction of sp³-hybridized carbons (Fsp3) is 0.364. The van der Waals surface area contributed by atoms with E-state index in [1.807, 2.05) is 6.07 Å². The van der Waals surface area contributed by atoms with Crippen LogP contribution in [0.2, 0.25) is 5.02 Å². The van der Waals surface area contributed by atoms with Crippen LogP contribution in [-0.4, -0.2) is 18.9 Å². The summed E-state index contributed by atoms with van der Waals surface area (Å²) in [4.78, 5) is 11.7. The smallest absolute Gasteiger partial charge is 0.167 e. The summed E-state index contributed by atoms with van der Waals surface area (Å²) in [6.45, 7) is 0.971. The van der Waals surface area contributed by atoms with Gasteiger partial charge in [-0.05, 0) is 24.2 Å². The van der Waals surface area contributed by atoms with Crippen molar-refractivity contribution in [1.29, 1.82) is 0 Å². The van der Waals surface area contributed by atoms with E-state index in [0.29, 0.717) is 35.9 Å². The highest BCUT2D eigenvalue weighted by atomic mass is 35.5. The molecule has 1 aromatic carbocycles. The number of hydrogen-bond donors (Lipinski definition) is 1. The third-order valence-electron chi connectivity index (χ3n) is 2.42. The summed E-state index contributed by atoms with van der Waals surface area (Å²) >= 11 is 5.93. The van der Waals surface area contributed by atoms with Crippen LogP contribution < -0.4 is 10.5 Å². The quantitative estimate of drug-likeness (QED) is 0.799.